The summed E-state index contributed by atoms with van der Waals surface area (Å²) in [6.45, 7) is -0.106. The minimum absolute atomic E-state index is 0.0310. The van der Waals surface area contributed by atoms with Crippen LogP contribution in [0, 0.1) is 10.1 Å². The number of ether oxygens (including phenoxy) is 4. The Morgan fingerprint density at radius 1 is 1.11 bits per heavy atom. The van der Waals surface area contributed by atoms with E-state index >= 15 is 0 Å². The zero-order valence-corrected chi connectivity index (χ0v) is 14.3. The number of nitro groups is 1. The molecule has 1 N–H and O–H groups in total. The van der Waals surface area contributed by atoms with E-state index in [1.54, 1.807) is 12.1 Å². The lowest BCUT2D eigenvalue weighted by atomic mass is 9.95. The summed E-state index contributed by atoms with van der Waals surface area (Å²) in [6, 6.07) is 5.78. The molecule has 1 aliphatic heterocycles. The molecule has 0 aromatic heterocycles. The lowest BCUT2D eigenvalue weighted by Gasteiger charge is -2.13. The Bertz CT molecular complexity index is 1140. The van der Waals surface area contributed by atoms with Gasteiger partial charge in [-0.3, -0.25) is 10.1 Å². The van der Waals surface area contributed by atoms with Gasteiger partial charge in [0.25, 0.3) is 5.69 Å². The van der Waals surface area contributed by atoms with E-state index in [0.717, 1.165) is 0 Å². The number of nitrogens with zero attached hydrogens (tertiary/aromatic N) is 1. The summed E-state index contributed by atoms with van der Waals surface area (Å²) in [5.41, 5.74) is -0.585. The number of non-ortho nitro benzene ring substituents is 1. The van der Waals surface area contributed by atoms with E-state index in [1.165, 1.54) is 26.4 Å². The number of fused-ring (bicyclic) bond motifs is 5. The number of rotatable bonds is 4. The Morgan fingerprint density at radius 3 is 2.44 bits per heavy atom. The highest BCUT2D eigenvalue weighted by molar-refractivity contribution is 6.21. The van der Waals surface area contributed by atoms with Gasteiger partial charge in [0.15, 0.2) is 23.0 Å². The maximum Gasteiger partial charge on any atom is 0.336 e. The van der Waals surface area contributed by atoms with Crippen molar-refractivity contribution >= 4 is 33.2 Å². The first-order valence-corrected chi connectivity index (χ1v) is 7.79. The number of hydrogen-bond donors (Lipinski definition) is 1. The van der Waals surface area contributed by atoms with Crippen LogP contribution in [0.25, 0.3) is 21.5 Å². The van der Waals surface area contributed by atoms with Crippen molar-refractivity contribution in [2.75, 3.05) is 21.0 Å². The quantitative estimate of drug-likeness (QED) is 0.421. The van der Waals surface area contributed by atoms with Crippen LogP contribution in [0.2, 0.25) is 0 Å². The topological polar surface area (TPSA) is 117 Å². The number of carbonyl (C=O) groups is 1. The first kappa shape index (κ1) is 16.7. The number of methoxy groups -OCH3 is 2. The van der Waals surface area contributed by atoms with Crippen LogP contribution < -0.4 is 18.9 Å². The number of aromatic carboxylic acids is 1. The molecule has 1 aliphatic rings. The highest BCUT2D eigenvalue weighted by atomic mass is 16.7. The van der Waals surface area contributed by atoms with Crippen LogP contribution in [0.5, 0.6) is 23.0 Å². The summed E-state index contributed by atoms with van der Waals surface area (Å²) >= 11 is 0. The molecule has 0 unspecified atom stereocenters. The highest BCUT2D eigenvalue weighted by Crippen LogP contribution is 2.49. The van der Waals surface area contributed by atoms with Crippen LogP contribution in [0.1, 0.15) is 10.4 Å². The molecule has 1 heterocycles. The van der Waals surface area contributed by atoms with Crippen LogP contribution in [-0.4, -0.2) is 37.0 Å². The molecule has 9 heteroatoms. The SMILES string of the molecule is COc1cc2cc([N+](=O)[O-])c3c(C(=O)O)cc4c(c3c2cc1OC)OCO4. The number of carboxylic acids is 1. The van der Waals surface area contributed by atoms with Crippen molar-refractivity contribution in [1.29, 1.82) is 0 Å². The predicted molar refractivity (Wildman–Crippen MR) is 94.3 cm³/mol. The molecule has 3 aromatic carbocycles. The van der Waals surface area contributed by atoms with E-state index in [-0.39, 0.29) is 40.3 Å². The zero-order valence-electron chi connectivity index (χ0n) is 14.3. The molecule has 0 radical (unpaired) electrons. The summed E-state index contributed by atoms with van der Waals surface area (Å²) < 4.78 is 21.4. The minimum Gasteiger partial charge on any atom is -0.493 e. The third kappa shape index (κ3) is 2.35. The van der Waals surface area contributed by atoms with Gasteiger partial charge in [-0.05, 0) is 29.0 Å². The van der Waals surface area contributed by atoms with E-state index in [9.17, 15) is 20.0 Å². The van der Waals surface area contributed by atoms with E-state index < -0.39 is 10.9 Å². The van der Waals surface area contributed by atoms with Gasteiger partial charge in [0.05, 0.1) is 30.1 Å². The Morgan fingerprint density at radius 2 is 1.81 bits per heavy atom. The number of carboxylic acid groups (broad SMARTS) is 1. The van der Waals surface area contributed by atoms with Crippen molar-refractivity contribution in [2.24, 2.45) is 0 Å². The predicted octanol–water partition coefficient (Wildman–Crippen LogP) is 3.35. The standard InChI is InChI=1S/C18H13NO8/c1-24-12-4-8-3-11(19(22)23)15-10(18(20)21)6-14-17(27-7-26-14)16(15)9(8)5-13(12)25-2/h3-6H,7H2,1-2H3,(H,20,21). The lowest BCUT2D eigenvalue weighted by Crippen LogP contribution is -2.02. The van der Waals surface area contributed by atoms with Crippen LogP contribution in [0.4, 0.5) is 5.69 Å². The molecule has 27 heavy (non-hydrogen) atoms. The normalized spacial score (nSPS) is 12.4. The molecular formula is C18H13NO8. The molecule has 0 bridgehead atoms. The molecule has 138 valence electrons. The molecule has 0 aliphatic carbocycles. The molecule has 0 atom stereocenters. The fourth-order valence-electron chi connectivity index (χ4n) is 3.33. The van der Waals surface area contributed by atoms with Crippen molar-refractivity contribution in [3.63, 3.8) is 0 Å². The van der Waals surface area contributed by atoms with Crippen molar-refractivity contribution in [3.05, 3.63) is 39.9 Å². The van der Waals surface area contributed by atoms with Gasteiger partial charge in [-0.1, -0.05) is 0 Å². The number of nitro benzene ring substituents is 1. The smallest absolute Gasteiger partial charge is 0.336 e. The van der Waals surface area contributed by atoms with Gasteiger partial charge in [0, 0.05) is 11.5 Å². The second kappa shape index (κ2) is 5.90. The van der Waals surface area contributed by atoms with Gasteiger partial charge in [-0.15, -0.1) is 0 Å². The summed E-state index contributed by atoms with van der Waals surface area (Å²) in [7, 11) is 2.92. The van der Waals surface area contributed by atoms with Crippen LogP contribution in [-0.2, 0) is 0 Å². The molecule has 0 amide bonds. The lowest BCUT2D eigenvalue weighted by molar-refractivity contribution is -0.383. The van der Waals surface area contributed by atoms with E-state index in [2.05, 4.69) is 0 Å². The first-order valence-electron chi connectivity index (χ1n) is 7.79. The summed E-state index contributed by atoms with van der Waals surface area (Å²) in [5.74, 6) is -0.0379. The van der Waals surface area contributed by atoms with Gasteiger partial charge in [0.1, 0.15) is 0 Å². The van der Waals surface area contributed by atoms with Crippen molar-refractivity contribution in [3.8, 4) is 23.0 Å². The van der Waals surface area contributed by atoms with Gasteiger partial charge in [-0.2, -0.15) is 0 Å². The number of benzene rings is 3. The Hall–Kier alpha value is -3.75. The van der Waals surface area contributed by atoms with Crippen LogP contribution in [0.3, 0.4) is 0 Å². The Balaban J connectivity index is 2.29. The fraction of sp³-hybridized carbons (Fsp3) is 0.167. The van der Waals surface area contributed by atoms with Gasteiger partial charge < -0.3 is 24.1 Å². The van der Waals surface area contributed by atoms with Gasteiger partial charge >= 0.3 is 5.97 Å². The Kier molecular flexibility index (Phi) is 3.65. The Labute approximate surface area is 151 Å². The molecule has 0 saturated heterocycles. The fourth-order valence-corrected chi connectivity index (χ4v) is 3.33. The number of hydrogen-bond acceptors (Lipinski definition) is 7. The van der Waals surface area contributed by atoms with Crippen molar-refractivity contribution < 1.29 is 33.8 Å². The van der Waals surface area contributed by atoms with Gasteiger partial charge in [-0.25, -0.2) is 4.79 Å². The van der Waals surface area contributed by atoms with Gasteiger partial charge in [0.2, 0.25) is 6.79 Å². The highest BCUT2D eigenvalue weighted by Gasteiger charge is 2.30. The second-order valence-corrected chi connectivity index (χ2v) is 5.79. The van der Waals surface area contributed by atoms with E-state index in [1.807, 2.05) is 0 Å². The first-order chi connectivity index (χ1) is 13.0. The maximum absolute atomic E-state index is 11.8. The average Bonchev–Trinajstić information content (AvgIpc) is 3.13. The summed E-state index contributed by atoms with van der Waals surface area (Å²) in [5, 5.41) is 22.6. The summed E-state index contributed by atoms with van der Waals surface area (Å²) in [4.78, 5) is 22.9. The largest absolute Gasteiger partial charge is 0.493 e. The van der Waals surface area contributed by atoms with Crippen molar-refractivity contribution in [2.45, 2.75) is 0 Å². The van der Waals surface area contributed by atoms with E-state index in [0.29, 0.717) is 22.3 Å². The second-order valence-electron chi connectivity index (χ2n) is 5.79. The molecular weight excluding hydrogens is 358 g/mol. The van der Waals surface area contributed by atoms with Crippen LogP contribution >= 0.6 is 0 Å². The minimum atomic E-state index is -1.30. The third-order valence-corrected chi connectivity index (χ3v) is 4.46. The van der Waals surface area contributed by atoms with Crippen molar-refractivity contribution in [1.82, 2.24) is 0 Å². The molecule has 4 rings (SSSR count). The molecule has 0 fully saturated rings. The van der Waals surface area contributed by atoms with E-state index in [4.69, 9.17) is 18.9 Å². The summed E-state index contributed by atoms with van der Waals surface area (Å²) in [6.07, 6.45) is 0. The molecule has 9 nitrogen and oxygen atoms in total. The molecule has 0 saturated carbocycles. The monoisotopic (exact) mass is 371 g/mol. The zero-order chi connectivity index (χ0) is 19.3. The molecule has 3 aromatic rings. The third-order valence-electron chi connectivity index (χ3n) is 4.46. The molecule has 0 spiro atoms. The average molecular weight is 371 g/mol. The maximum atomic E-state index is 11.8. The van der Waals surface area contributed by atoms with Crippen LogP contribution in [0.15, 0.2) is 24.3 Å².